The molecule has 0 unspecified atom stereocenters. The van der Waals surface area contributed by atoms with Gasteiger partial charge < -0.3 is 19.5 Å². The Labute approximate surface area is 192 Å². The smallest absolute Gasteiger partial charge is 0.295 e. The topological polar surface area (TPSA) is 91.4 Å². The van der Waals surface area contributed by atoms with E-state index < -0.39 is 11.7 Å². The zero-order chi connectivity index (χ0) is 22.8. The number of piperazine rings is 1. The number of Topliss-reactive ketones (excluding diaryl/α,β-unsaturated/α-hetero) is 1. The maximum Gasteiger partial charge on any atom is 0.295 e. The molecule has 2 aromatic heterocycles. The van der Waals surface area contributed by atoms with Crippen molar-refractivity contribution in [2.75, 3.05) is 31.1 Å². The number of carbonyl (C=O) groups excluding carboxylic acids is 2. The van der Waals surface area contributed by atoms with E-state index in [4.69, 9.17) is 4.74 Å². The molecule has 8 heteroatoms. The molecule has 0 atom stereocenters. The van der Waals surface area contributed by atoms with Gasteiger partial charge in [0.2, 0.25) is 5.88 Å². The molecule has 1 N–H and O–H groups in total. The summed E-state index contributed by atoms with van der Waals surface area (Å²) in [7, 11) is 0. The highest BCUT2D eigenvalue weighted by Gasteiger charge is 2.30. The van der Waals surface area contributed by atoms with Crippen molar-refractivity contribution in [3.63, 3.8) is 0 Å². The van der Waals surface area contributed by atoms with Crippen LogP contribution in [0.3, 0.4) is 0 Å². The number of hydrogen-bond acceptors (Lipinski definition) is 6. The quantitative estimate of drug-likeness (QED) is 0.475. The zero-order valence-corrected chi connectivity index (χ0v) is 18.9. The van der Waals surface area contributed by atoms with Crippen molar-refractivity contribution in [1.29, 1.82) is 0 Å². The number of rotatable bonds is 5. The minimum Gasteiger partial charge on any atom is -0.473 e. The number of amides is 1. The average molecular weight is 448 g/mol. The summed E-state index contributed by atoms with van der Waals surface area (Å²) >= 11 is 0. The summed E-state index contributed by atoms with van der Waals surface area (Å²) < 4.78 is 5.96. The number of fused-ring (bicyclic) bond motifs is 1. The molecule has 1 aliphatic heterocycles. The van der Waals surface area contributed by atoms with Crippen LogP contribution in [0.2, 0.25) is 0 Å². The SMILES string of the molecule is Cc1[nH]c2ccccc2c1C(=O)C(=O)N1CCN(c2ccc(OC3CCCCC3)nn2)CC1. The van der Waals surface area contributed by atoms with Crippen LogP contribution in [0, 0.1) is 6.92 Å². The van der Waals surface area contributed by atoms with Crippen LogP contribution in [0.1, 0.15) is 48.2 Å². The van der Waals surface area contributed by atoms with Gasteiger partial charge in [0.1, 0.15) is 6.10 Å². The van der Waals surface area contributed by atoms with Crippen LogP contribution < -0.4 is 9.64 Å². The summed E-state index contributed by atoms with van der Waals surface area (Å²) in [6.45, 7) is 3.97. The molecule has 172 valence electrons. The van der Waals surface area contributed by atoms with Gasteiger partial charge in [-0.2, -0.15) is 0 Å². The largest absolute Gasteiger partial charge is 0.473 e. The number of H-pyrrole nitrogens is 1. The molecule has 0 radical (unpaired) electrons. The van der Waals surface area contributed by atoms with Crippen molar-refractivity contribution in [2.45, 2.75) is 45.1 Å². The first-order valence-electron chi connectivity index (χ1n) is 11.8. The van der Waals surface area contributed by atoms with Crippen molar-refractivity contribution in [3.05, 3.63) is 47.7 Å². The van der Waals surface area contributed by atoms with Gasteiger partial charge in [0.15, 0.2) is 5.82 Å². The maximum atomic E-state index is 13.0. The Morgan fingerprint density at radius 2 is 1.73 bits per heavy atom. The minimum atomic E-state index is -0.456. The molecule has 33 heavy (non-hydrogen) atoms. The number of nitrogens with zero attached hydrogens (tertiary/aromatic N) is 4. The lowest BCUT2D eigenvalue weighted by atomic mass is 9.98. The third kappa shape index (κ3) is 4.42. The molecule has 1 saturated carbocycles. The number of ether oxygens (including phenoxy) is 1. The molecule has 1 amide bonds. The number of benzene rings is 1. The lowest BCUT2D eigenvalue weighted by Gasteiger charge is -2.34. The molecule has 3 aromatic rings. The molecule has 0 bridgehead atoms. The second-order valence-electron chi connectivity index (χ2n) is 8.89. The standard InChI is InChI=1S/C25H29N5O3/c1-17-23(19-9-5-6-10-20(19)26-17)24(31)25(32)30-15-13-29(14-16-30)21-11-12-22(28-27-21)33-18-7-3-2-4-8-18/h5-6,9-12,18,26H,2-4,7-8,13-16H2,1H3. The predicted octanol–water partition coefficient (Wildman–Crippen LogP) is 3.51. The van der Waals surface area contributed by atoms with Crippen molar-refractivity contribution < 1.29 is 14.3 Å². The Hall–Kier alpha value is -3.42. The maximum absolute atomic E-state index is 13.0. The highest BCUT2D eigenvalue weighted by Crippen LogP contribution is 2.25. The van der Waals surface area contributed by atoms with Crippen LogP contribution >= 0.6 is 0 Å². The van der Waals surface area contributed by atoms with E-state index in [1.54, 1.807) is 4.90 Å². The number of hydrogen-bond donors (Lipinski definition) is 1. The van der Waals surface area contributed by atoms with Crippen molar-refractivity contribution >= 4 is 28.4 Å². The summed E-state index contributed by atoms with van der Waals surface area (Å²) in [5, 5.41) is 9.38. The van der Waals surface area contributed by atoms with Crippen molar-refractivity contribution in [1.82, 2.24) is 20.1 Å². The molecule has 2 fully saturated rings. The van der Waals surface area contributed by atoms with Crippen LogP contribution in [0.15, 0.2) is 36.4 Å². The van der Waals surface area contributed by atoms with E-state index in [2.05, 4.69) is 20.1 Å². The van der Waals surface area contributed by atoms with Crippen LogP contribution in [-0.2, 0) is 4.79 Å². The van der Waals surface area contributed by atoms with Crippen LogP contribution in [0.25, 0.3) is 10.9 Å². The molecular weight excluding hydrogens is 418 g/mol. The van der Waals surface area contributed by atoms with E-state index >= 15 is 0 Å². The first kappa shape index (κ1) is 21.4. The van der Waals surface area contributed by atoms with Crippen molar-refractivity contribution in [3.8, 4) is 5.88 Å². The number of ketones is 1. The summed E-state index contributed by atoms with van der Waals surface area (Å²) in [4.78, 5) is 32.9. The summed E-state index contributed by atoms with van der Waals surface area (Å²) in [5.41, 5.74) is 2.06. The second kappa shape index (κ2) is 9.21. The van der Waals surface area contributed by atoms with Gasteiger partial charge in [-0.1, -0.05) is 24.6 Å². The highest BCUT2D eigenvalue weighted by atomic mass is 16.5. The number of aromatic nitrogens is 3. The van der Waals surface area contributed by atoms with Gasteiger partial charge in [-0.25, -0.2) is 0 Å². The number of aromatic amines is 1. The molecular formula is C25H29N5O3. The number of carbonyl (C=O) groups is 2. The predicted molar refractivity (Wildman–Crippen MR) is 126 cm³/mol. The summed E-state index contributed by atoms with van der Waals surface area (Å²) in [6, 6.07) is 11.4. The molecule has 2 aliphatic rings. The number of nitrogens with one attached hydrogen (secondary N) is 1. The Kier molecular flexibility index (Phi) is 5.98. The van der Waals surface area contributed by atoms with Crippen molar-refractivity contribution in [2.24, 2.45) is 0 Å². The fourth-order valence-electron chi connectivity index (χ4n) is 4.86. The Morgan fingerprint density at radius 3 is 2.45 bits per heavy atom. The zero-order valence-electron chi connectivity index (χ0n) is 18.9. The van der Waals surface area contributed by atoms with Gasteiger partial charge in [-0.3, -0.25) is 9.59 Å². The van der Waals surface area contributed by atoms with Gasteiger partial charge in [0, 0.05) is 48.8 Å². The van der Waals surface area contributed by atoms with Crippen LogP contribution in [0.4, 0.5) is 5.82 Å². The van der Waals surface area contributed by atoms with E-state index in [0.29, 0.717) is 37.6 Å². The van der Waals surface area contributed by atoms with Crippen LogP contribution in [-0.4, -0.2) is 64.1 Å². The number of para-hydroxylation sites is 1. The van der Waals surface area contributed by atoms with Crippen LogP contribution in [0.5, 0.6) is 5.88 Å². The van der Waals surface area contributed by atoms with E-state index in [9.17, 15) is 9.59 Å². The number of anilines is 1. The lowest BCUT2D eigenvalue weighted by molar-refractivity contribution is -0.126. The average Bonchev–Trinajstić information content (AvgIpc) is 3.20. The fraction of sp³-hybridized carbons (Fsp3) is 0.440. The first-order valence-corrected chi connectivity index (χ1v) is 11.8. The third-order valence-electron chi connectivity index (χ3n) is 6.67. The fourth-order valence-corrected chi connectivity index (χ4v) is 4.86. The Morgan fingerprint density at radius 1 is 0.970 bits per heavy atom. The van der Waals surface area contributed by atoms with E-state index in [1.807, 2.05) is 43.3 Å². The van der Waals surface area contributed by atoms with E-state index in [1.165, 1.54) is 19.3 Å². The van der Waals surface area contributed by atoms with Gasteiger partial charge in [0.05, 0.1) is 5.56 Å². The molecule has 1 aromatic carbocycles. The minimum absolute atomic E-state index is 0.242. The lowest BCUT2D eigenvalue weighted by Crippen LogP contribution is -2.51. The Bertz CT molecular complexity index is 1140. The Balaban J connectivity index is 1.19. The second-order valence-corrected chi connectivity index (χ2v) is 8.89. The molecule has 1 saturated heterocycles. The molecule has 1 aliphatic carbocycles. The normalized spacial score (nSPS) is 17.4. The van der Waals surface area contributed by atoms with E-state index in [-0.39, 0.29) is 6.10 Å². The van der Waals surface area contributed by atoms with Gasteiger partial charge >= 0.3 is 0 Å². The highest BCUT2D eigenvalue weighted by molar-refractivity contribution is 6.45. The summed E-state index contributed by atoms with van der Waals surface area (Å²) in [5.74, 6) is 0.420. The first-order chi connectivity index (χ1) is 16.1. The molecule has 3 heterocycles. The monoisotopic (exact) mass is 447 g/mol. The third-order valence-corrected chi connectivity index (χ3v) is 6.67. The summed E-state index contributed by atoms with van der Waals surface area (Å²) in [6.07, 6.45) is 6.10. The molecule has 8 nitrogen and oxygen atoms in total. The molecule has 5 rings (SSSR count). The van der Waals surface area contributed by atoms with Gasteiger partial charge in [0.25, 0.3) is 11.7 Å². The van der Waals surface area contributed by atoms with E-state index in [0.717, 1.165) is 35.3 Å². The number of aryl methyl sites for hydroxylation is 1. The molecule has 0 spiro atoms. The van der Waals surface area contributed by atoms with Gasteiger partial charge in [-0.05, 0) is 44.7 Å². The van der Waals surface area contributed by atoms with Gasteiger partial charge in [-0.15, -0.1) is 10.2 Å².